The highest BCUT2D eigenvalue weighted by Gasteiger charge is 2.18. The highest BCUT2D eigenvalue weighted by atomic mass is 35.5. The second-order valence-corrected chi connectivity index (χ2v) is 6.64. The monoisotopic (exact) mass is 416 g/mol. The maximum Gasteiger partial charge on any atom is 0.267 e. The second kappa shape index (κ2) is 8.83. The summed E-state index contributed by atoms with van der Waals surface area (Å²) in [4.78, 5) is 16.7. The fraction of sp³-hybridized carbons (Fsp3) is 0.250. The number of methoxy groups -OCH3 is 2. The minimum absolute atomic E-state index is 0.130. The Morgan fingerprint density at radius 1 is 1.14 bits per heavy atom. The van der Waals surface area contributed by atoms with Crippen LogP contribution in [0.3, 0.4) is 0 Å². The van der Waals surface area contributed by atoms with Gasteiger partial charge in [-0.3, -0.25) is 15.2 Å². The summed E-state index contributed by atoms with van der Waals surface area (Å²) in [5.74, 6) is 1.96. The summed E-state index contributed by atoms with van der Waals surface area (Å²) in [6, 6.07) is 10.5. The lowest BCUT2D eigenvalue weighted by Crippen LogP contribution is -2.30. The van der Waals surface area contributed by atoms with E-state index in [9.17, 15) is 4.79 Å². The molecule has 2 N–H and O–H groups in total. The molecular formula is C20H21ClN4O4. The zero-order valence-corrected chi connectivity index (χ0v) is 17.2. The zero-order valence-electron chi connectivity index (χ0n) is 16.4. The third-order valence-electron chi connectivity index (χ3n) is 4.20. The Labute approximate surface area is 173 Å². The van der Waals surface area contributed by atoms with Crippen LogP contribution in [0.2, 0.25) is 5.02 Å². The number of aryl methyl sites for hydroxylation is 1. The Balaban J connectivity index is 1.69. The minimum Gasteiger partial charge on any atom is -0.497 e. The molecule has 0 radical (unpaired) electrons. The van der Waals surface area contributed by atoms with Gasteiger partial charge in [0.2, 0.25) is 5.95 Å². The molecule has 0 spiro atoms. The topological polar surface area (TPSA) is 98.4 Å². The van der Waals surface area contributed by atoms with E-state index in [1.165, 1.54) is 0 Å². The van der Waals surface area contributed by atoms with Crippen LogP contribution in [-0.2, 0) is 4.79 Å². The van der Waals surface area contributed by atoms with Crippen molar-refractivity contribution < 1.29 is 19.0 Å². The van der Waals surface area contributed by atoms with Crippen molar-refractivity contribution in [3.63, 3.8) is 0 Å². The van der Waals surface area contributed by atoms with Crippen LogP contribution in [0.25, 0.3) is 11.4 Å². The van der Waals surface area contributed by atoms with Gasteiger partial charge in [-0.1, -0.05) is 11.6 Å². The summed E-state index contributed by atoms with van der Waals surface area (Å²) >= 11 is 6.01. The number of nitrogens with one attached hydrogen (secondary N) is 2. The molecule has 1 unspecified atom stereocenters. The Kier molecular flexibility index (Phi) is 6.23. The van der Waals surface area contributed by atoms with Crippen molar-refractivity contribution in [2.45, 2.75) is 20.0 Å². The van der Waals surface area contributed by atoms with Crippen LogP contribution in [0.15, 0.2) is 36.4 Å². The van der Waals surface area contributed by atoms with Crippen molar-refractivity contribution >= 4 is 23.5 Å². The molecular weight excluding hydrogens is 396 g/mol. The molecule has 1 atom stereocenters. The molecule has 0 aliphatic heterocycles. The fourth-order valence-electron chi connectivity index (χ4n) is 2.59. The van der Waals surface area contributed by atoms with Gasteiger partial charge >= 0.3 is 0 Å². The standard InChI is InChI=1S/C20H21ClN4O4/c1-11-9-14(6-8-16(11)21)29-12(2)19(26)23-20-22-18(24-25-20)15-7-5-13(27-3)10-17(15)28-4/h5-10,12H,1-4H3,(H2,22,23,24,25,26). The van der Waals surface area contributed by atoms with Crippen LogP contribution in [0.4, 0.5) is 5.95 Å². The number of halogens is 1. The number of carbonyl (C=O) groups excluding carboxylic acids is 1. The van der Waals surface area contributed by atoms with Crippen molar-refractivity contribution in [3.8, 4) is 28.6 Å². The number of aromatic nitrogens is 3. The third-order valence-corrected chi connectivity index (χ3v) is 4.62. The molecule has 1 heterocycles. The Morgan fingerprint density at radius 3 is 2.59 bits per heavy atom. The molecule has 3 aromatic rings. The Bertz CT molecular complexity index is 1020. The van der Waals surface area contributed by atoms with Crippen LogP contribution in [0, 0.1) is 6.92 Å². The summed E-state index contributed by atoms with van der Waals surface area (Å²) in [6.45, 7) is 3.50. The number of aromatic amines is 1. The van der Waals surface area contributed by atoms with Crippen LogP contribution in [0.5, 0.6) is 17.2 Å². The summed E-state index contributed by atoms with van der Waals surface area (Å²) in [5, 5.41) is 10.1. The summed E-state index contributed by atoms with van der Waals surface area (Å²) in [6.07, 6.45) is -0.756. The first kappa shape index (κ1) is 20.5. The molecule has 8 nitrogen and oxygen atoms in total. The molecule has 29 heavy (non-hydrogen) atoms. The first-order valence-corrected chi connectivity index (χ1v) is 9.17. The zero-order chi connectivity index (χ0) is 21.0. The predicted molar refractivity (Wildman–Crippen MR) is 110 cm³/mol. The van der Waals surface area contributed by atoms with Gasteiger partial charge in [0.25, 0.3) is 5.91 Å². The normalized spacial score (nSPS) is 11.6. The lowest BCUT2D eigenvalue weighted by Gasteiger charge is -2.14. The van der Waals surface area contributed by atoms with Crippen molar-refractivity contribution in [2.24, 2.45) is 0 Å². The van der Waals surface area contributed by atoms with E-state index >= 15 is 0 Å². The van der Waals surface area contributed by atoms with E-state index in [1.54, 1.807) is 57.5 Å². The third kappa shape index (κ3) is 4.78. The van der Waals surface area contributed by atoms with E-state index in [4.69, 9.17) is 25.8 Å². The molecule has 2 aromatic carbocycles. The van der Waals surface area contributed by atoms with Crippen molar-refractivity contribution in [3.05, 3.63) is 47.0 Å². The lowest BCUT2D eigenvalue weighted by molar-refractivity contribution is -0.122. The van der Waals surface area contributed by atoms with Gasteiger partial charge in [-0.25, -0.2) is 0 Å². The number of benzene rings is 2. The smallest absolute Gasteiger partial charge is 0.267 e. The maximum atomic E-state index is 12.4. The number of hydrogen-bond donors (Lipinski definition) is 2. The Morgan fingerprint density at radius 2 is 1.90 bits per heavy atom. The number of H-pyrrole nitrogens is 1. The molecule has 0 aliphatic rings. The maximum absolute atomic E-state index is 12.4. The van der Waals surface area contributed by atoms with Gasteiger partial charge in [0.1, 0.15) is 17.2 Å². The quantitative estimate of drug-likeness (QED) is 0.607. The molecule has 0 bridgehead atoms. The number of hydrogen-bond acceptors (Lipinski definition) is 6. The molecule has 0 fully saturated rings. The molecule has 3 rings (SSSR count). The van der Waals surface area contributed by atoms with Crippen molar-refractivity contribution in [2.75, 3.05) is 19.5 Å². The van der Waals surface area contributed by atoms with E-state index in [2.05, 4.69) is 20.5 Å². The van der Waals surface area contributed by atoms with Crippen LogP contribution in [-0.4, -0.2) is 41.4 Å². The predicted octanol–water partition coefficient (Wildman–Crippen LogP) is 3.86. The van der Waals surface area contributed by atoms with Gasteiger partial charge in [0, 0.05) is 11.1 Å². The Hall–Kier alpha value is -3.26. The average Bonchev–Trinajstić information content (AvgIpc) is 3.18. The van der Waals surface area contributed by atoms with Gasteiger partial charge in [0.05, 0.1) is 19.8 Å². The number of anilines is 1. The van der Waals surface area contributed by atoms with E-state index in [0.29, 0.717) is 33.7 Å². The van der Waals surface area contributed by atoms with Crippen LogP contribution in [0.1, 0.15) is 12.5 Å². The summed E-state index contributed by atoms with van der Waals surface area (Å²) in [7, 11) is 3.12. The van der Waals surface area contributed by atoms with Gasteiger partial charge in [-0.15, -0.1) is 5.10 Å². The minimum atomic E-state index is -0.756. The van der Waals surface area contributed by atoms with Crippen molar-refractivity contribution in [1.82, 2.24) is 15.2 Å². The van der Waals surface area contributed by atoms with Gasteiger partial charge in [-0.2, -0.15) is 4.98 Å². The van der Waals surface area contributed by atoms with E-state index in [0.717, 1.165) is 5.56 Å². The molecule has 1 amide bonds. The van der Waals surface area contributed by atoms with Gasteiger partial charge in [-0.05, 0) is 49.7 Å². The summed E-state index contributed by atoms with van der Waals surface area (Å²) in [5.41, 5.74) is 1.55. The first-order valence-electron chi connectivity index (χ1n) is 8.79. The van der Waals surface area contributed by atoms with Crippen LogP contribution < -0.4 is 19.5 Å². The van der Waals surface area contributed by atoms with Gasteiger partial charge < -0.3 is 14.2 Å². The number of ether oxygens (including phenoxy) is 3. The second-order valence-electron chi connectivity index (χ2n) is 6.23. The van der Waals surface area contributed by atoms with E-state index in [1.807, 2.05) is 6.92 Å². The average molecular weight is 417 g/mol. The van der Waals surface area contributed by atoms with E-state index in [-0.39, 0.29) is 11.9 Å². The molecule has 0 aliphatic carbocycles. The number of nitrogens with zero attached hydrogens (tertiary/aromatic N) is 2. The largest absolute Gasteiger partial charge is 0.497 e. The fourth-order valence-corrected chi connectivity index (χ4v) is 2.71. The molecule has 1 aromatic heterocycles. The SMILES string of the molecule is COc1ccc(-c2nc(NC(=O)C(C)Oc3ccc(Cl)c(C)c3)n[nH]2)c(OC)c1. The summed E-state index contributed by atoms with van der Waals surface area (Å²) < 4.78 is 16.2. The van der Waals surface area contributed by atoms with Gasteiger partial charge in [0.15, 0.2) is 11.9 Å². The van der Waals surface area contributed by atoms with Crippen molar-refractivity contribution in [1.29, 1.82) is 0 Å². The first-order chi connectivity index (χ1) is 13.9. The van der Waals surface area contributed by atoms with E-state index < -0.39 is 6.10 Å². The molecule has 152 valence electrons. The highest BCUT2D eigenvalue weighted by molar-refractivity contribution is 6.31. The number of rotatable bonds is 7. The molecule has 0 saturated heterocycles. The molecule has 0 saturated carbocycles. The molecule has 9 heteroatoms. The lowest BCUT2D eigenvalue weighted by atomic mass is 10.2. The number of amides is 1. The highest BCUT2D eigenvalue weighted by Crippen LogP contribution is 2.31. The number of carbonyl (C=O) groups is 1. The van der Waals surface area contributed by atoms with Crippen LogP contribution >= 0.6 is 11.6 Å².